The lowest BCUT2D eigenvalue weighted by molar-refractivity contribution is -0.146. The minimum absolute atomic E-state index is 0.0924. The molecule has 22 heavy (non-hydrogen) atoms. The van der Waals surface area contributed by atoms with Gasteiger partial charge in [0.2, 0.25) is 0 Å². The van der Waals surface area contributed by atoms with E-state index in [4.69, 9.17) is 10.4 Å². The van der Waals surface area contributed by atoms with Crippen LogP contribution in [-0.2, 0) is 9.59 Å². The van der Waals surface area contributed by atoms with Gasteiger partial charge in [0.25, 0.3) is 11.8 Å². The molecule has 7 nitrogen and oxygen atoms in total. The molecule has 1 N–H and O–H groups in total. The first-order valence-electron chi connectivity index (χ1n) is 6.55. The van der Waals surface area contributed by atoms with Crippen LogP contribution in [0.2, 0.25) is 0 Å². The van der Waals surface area contributed by atoms with Crippen molar-refractivity contribution < 1.29 is 24.3 Å². The van der Waals surface area contributed by atoms with Crippen LogP contribution in [-0.4, -0.2) is 40.1 Å². The molecule has 1 aliphatic heterocycles. The molecule has 1 atom stereocenters. The number of ketones is 1. The molecule has 1 aromatic rings. The second kappa shape index (κ2) is 6.18. The van der Waals surface area contributed by atoms with E-state index in [2.05, 4.69) is 0 Å². The average molecular weight is 300 g/mol. The molecule has 0 aromatic heterocycles. The Morgan fingerprint density at radius 3 is 2.18 bits per heavy atom. The molecule has 0 radical (unpaired) electrons. The third kappa shape index (κ3) is 2.72. The number of imide groups is 1. The summed E-state index contributed by atoms with van der Waals surface area (Å²) in [7, 11) is 0. The first kappa shape index (κ1) is 15.4. The van der Waals surface area contributed by atoms with Crippen molar-refractivity contribution in [3.05, 3.63) is 35.4 Å². The van der Waals surface area contributed by atoms with Crippen molar-refractivity contribution in [1.29, 1.82) is 5.26 Å². The smallest absolute Gasteiger partial charge is 0.314 e. The van der Waals surface area contributed by atoms with Crippen LogP contribution < -0.4 is 0 Å². The predicted octanol–water partition coefficient (Wildman–Crippen LogP) is 0.856. The van der Waals surface area contributed by atoms with Crippen LogP contribution >= 0.6 is 0 Å². The monoisotopic (exact) mass is 300 g/mol. The van der Waals surface area contributed by atoms with Gasteiger partial charge in [0.05, 0.1) is 23.7 Å². The highest BCUT2D eigenvalue weighted by Gasteiger charge is 2.38. The van der Waals surface area contributed by atoms with Gasteiger partial charge in [0, 0.05) is 6.42 Å². The van der Waals surface area contributed by atoms with E-state index in [1.807, 2.05) is 0 Å². The van der Waals surface area contributed by atoms with Crippen molar-refractivity contribution in [2.45, 2.75) is 12.8 Å². The van der Waals surface area contributed by atoms with Gasteiger partial charge >= 0.3 is 5.97 Å². The maximum Gasteiger partial charge on any atom is 0.314 e. The number of carboxylic acid groups (broad SMARTS) is 1. The highest BCUT2D eigenvalue weighted by atomic mass is 16.4. The number of benzene rings is 1. The van der Waals surface area contributed by atoms with Crippen LogP contribution in [0.1, 0.15) is 33.6 Å². The van der Waals surface area contributed by atoms with Gasteiger partial charge in [-0.05, 0) is 18.6 Å². The molecule has 1 aromatic carbocycles. The summed E-state index contributed by atoms with van der Waals surface area (Å²) in [6, 6.07) is 7.92. The molecule has 1 aliphatic rings. The number of hydrogen-bond donors (Lipinski definition) is 1. The Morgan fingerprint density at radius 1 is 1.18 bits per heavy atom. The van der Waals surface area contributed by atoms with Crippen molar-refractivity contribution in [3.63, 3.8) is 0 Å². The summed E-state index contributed by atoms with van der Waals surface area (Å²) in [5, 5.41) is 17.5. The number of nitriles is 1. The lowest BCUT2D eigenvalue weighted by Crippen LogP contribution is -2.39. The zero-order valence-corrected chi connectivity index (χ0v) is 11.5. The maximum atomic E-state index is 12.1. The molecule has 0 fully saturated rings. The SMILES string of the molecule is N#CCCC(C(=O)O)C(=O)CN1C(=O)c2ccccc2C1=O. The van der Waals surface area contributed by atoms with Crippen LogP contribution in [0.25, 0.3) is 0 Å². The third-order valence-corrected chi connectivity index (χ3v) is 3.42. The molecule has 2 rings (SSSR count). The van der Waals surface area contributed by atoms with E-state index in [9.17, 15) is 19.2 Å². The molecule has 0 bridgehead atoms. The summed E-state index contributed by atoms with van der Waals surface area (Å²) in [6.07, 6.45) is -0.237. The van der Waals surface area contributed by atoms with E-state index < -0.39 is 36.0 Å². The van der Waals surface area contributed by atoms with Gasteiger partial charge in [-0.15, -0.1) is 0 Å². The van der Waals surface area contributed by atoms with Crippen molar-refractivity contribution in [2.24, 2.45) is 5.92 Å². The largest absolute Gasteiger partial charge is 0.481 e. The van der Waals surface area contributed by atoms with Gasteiger partial charge in [0.15, 0.2) is 5.78 Å². The summed E-state index contributed by atoms with van der Waals surface area (Å²) < 4.78 is 0. The second-order valence-electron chi connectivity index (χ2n) is 4.80. The number of fused-ring (bicyclic) bond motifs is 1. The molecule has 2 amide bonds. The summed E-state index contributed by atoms with van der Waals surface area (Å²) in [6.45, 7) is -0.602. The van der Waals surface area contributed by atoms with Gasteiger partial charge in [-0.1, -0.05) is 12.1 Å². The third-order valence-electron chi connectivity index (χ3n) is 3.42. The fraction of sp³-hybridized carbons (Fsp3) is 0.267. The molecule has 1 heterocycles. The number of carbonyl (C=O) groups is 4. The number of rotatable bonds is 6. The molecule has 0 aliphatic carbocycles. The van der Waals surface area contributed by atoms with Crippen molar-refractivity contribution in [3.8, 4) is 6.07 Å². The molecule has 0 saturated carbocycles. The van der Waals surface area contributed by atoms with Crippen molar-refractivity contribution >= 4 is 23.6 Å². The lowest BCUT2D eigenvalue weighted by Gasteiger charge is -2.16. The van der Waals surface area contributed by atoms with Gasteiger partial charge in [-0.25, -0.2) is 0 Å². The number of carbonyl (C=O) groups excluding carboxylic acids is 3. The van der Waals surface area contributed by atoms with Gasteiger partial charge in [-0.3, -0.25) is 24.1 Å². The van der Waals surface area contributed by atoms with Crippen molar-refractivity contribution in [2.75, 3.05) is 6.54 Å². The predicted molar refractivity (Wildman–Crippen MR) is 72.8 cm³/mol. The van der Waals surface area contributed by atoms with Crippen LogP contribution in [0.3, 0.4) is 0 Å². The molecule has 0 saturated heterocycles. The zero-order chi connectivity index (χ0) is 16.3. The van der Waals surface area contributed by atoms with Gasteiger partial charge in [-0.2, -0.15) is 5.26 Å². The Labute approximate surface area is 125 Å². The summed E-state index contributed by atoms with van der Waals surface area (Å²) in [5.74, 6) is -4.75. The molecule has 112 valence electrons. The fourth-order valence-electron chi connectivity index (χ4n) is 2.28. The summed E-state index contributed by atoms with van der Waals surface area (Å²) in [5.41, 5.74) is 0.397. The molecule has 1 unspecified atom stereocenters. The van der Waals surface area contributed by atoms with E-state index >= 15 is 0 Å². The van der Waals surface area contributed by atoms with Crippen molar-refractivity contribution in [1.82, 2.24) is 4.90 Å². The Bertz CT molecular complexity index is 669. The Hall–Kier alpha value is -3.01. The highest BCUT2D eigenvalue weighted by Crippen LogP contribution is 2.23. The van der Waals surface area contributed by atoms with E-state index in [-0.39, 0.29) is 24.0 Å². The Morgan fingerprint density at radius 2 is 1.73 bits per heavy atom. The normalized spacial score (nSPS) is 14.4. The standard InChI is InChI=1S/C15H12N2O5/c16-7-3-6-11(15(21)22)12(18)8-17-13(19)9-4-1-2-5-10(9)14(17)20/h1-2,4-5,11H,3,6,8H2,(H,21,22). The topological polar surface area (TPSA) is 116 Å². The zero-order valence-electron chi connectivity index (χ0n) is 11.5. The summed E-state index contributed by atoms with van der Waals surface area (Å²) in [4.78, 5) is 48.1. The maximum absolute atomic E-state index is 12.1. The van der Waals surface area contributed by atoms with E-state index in [0.717, 1.165) is 4.90 Å². The summed E-state index contributed by atoms with van der Waals surface area (Å²) >= 11 is 0. The molecule has 0 spiro atoms. The number of Topliss-reactive ketones (excluding diaryl/α,β-unsaturated/α-hetero) is 1. The molecular weight excluding hydrogens is 288 g/mol. The van der Waals surface area contributed by atoms with Crippen LogP contribution in [0.4, 0.5) is 0 Å². The Kier molecular flexibility index (Phi) is 4.32. The van der Waals surface area contributed by atoms with Crippen LogP contribution in [0, 0.1) is 17.2 Å². The Balaban J connectivity index is 2.16. The van der Waals surface area contributed by atoms with E-state index in [1.165, 1.54) is 12.1 Å². The number of aliphatic carboxylic acids is 1. The molecule has 7 heteroatoms. The number of carboxylic acids is 1. The lowest BCUT2D eigenvalue weighted by atomic mass is 9.98. The highest BCUT2D eigenvalue weighted by molar-refractivity contribution is 6.22. The number of nitrogens with zero attached hydrogens (tertiary/aromatic N) is 2. The van der Waals surface area contributed by atoms with Gasteiger partial charge in [0.1, 0.15) is 5.92 Å². The first-order chi connectivity index (χ1) is 10.5. The quantitative estimate of drug-likeness (QED) is 0.615. The van der Waals surface area contributed by atoms with Gasteiger partial charge < -0.3 is 5.11 Å². The fourth-order valence-corrected chi connectivity index (χ4v) is 2.28. The molecular formula is C15H12N2O5. The minimum atomic E-state index is -1.40. The second-order valence-corrected chi connectivity index (χ2v) is 4.80. The average Bonchev–Trinajstić information content (AvgIpc) is 2.73. The van der Waals surface area contributed by atoms with E-state index in [1.54, 1.807) is 18.2 Å². The number of hydrogen-bond acceptors (Lipinski definition) is 5. The van der Waals surface area contributed by atoms with E-state index in [0.29, 0.717) is 0 Å². The minimum Gasteiger partial charge on any atom is -0.481 e. The van der Waals surface area contributed by atoms with Crippen LogP contribution in [0.15, 0.2) is 24.3 Å². The first-order valence-corrected chi connectivity index (χ1v) is 6.55. The number of amides is 2. The van der Waals surface area contributed by atoms with Crippen LogP contribution in [0.5, 0.6) is 0 Å².